The number of fused-ring (bicyclic) bond motifs is 3. The topological polar surface area (TPSA) is 171 Å². The highest BCUT2D eigenvalue weighted by Crippen LogP contribution is 2.44. The zero-order valence-corrected chi connectivity index (χ0v) is 27.3. The summed E-state index contributed by atoms with van der Waals surface area (Å²) in [6.45, 7) is 6.64. The summed E-state index contributed by atoms with van der Waals surface area (Å²) < 4.78 is 5.62. The van der Waals surface area contributed by atoms with Gasteiger partial charge in [-0.15, -0.1) is 0 Å². The van der Waals surface area contributed by atoms with E-state index < -0.39 is 42.4 Å². The van der Waals surface area contributed by atoms with Crippen molar-refractivity contribution in [3.63, 3.8) is 0 Å². The summed E-state index contributed by atoms with van der Waals surface area (Å²) in [5.41, 5.74) is 4.44. The third-order valence-corrected chi connectivity index (χ3v) is 10.2. The molecule has 1 aliphatic carbocycles. The molecule has 2 unspecified atom stereocenters. The van der Waals surface area contributed by atoms with Crippen LogP contribution in [0.15, 0.2) is 48.5 Å². The fraction of sp³-hybridized carbons (Fsp3) is 0.469. The van der Waals surface area contributed by atoms with Crippen molar-refractivity contribution in [2.24, 2.45) is 0 Å². The van der Waals surface area contributed by atoms with Crippen molar-refractivity contribution >= 4 is 51.4 Å². The summed E-state index contributed by atoms with van der Waals surface area (Å²) in [5, 5.41) is 25.6. The minimum atomic E-state index is -1.48. The summed E-state index contributed by atoms with van der Waals surface area (Å²) >= 11 is 0. The molecule has 0 spiro atoms. The van der Waals surface area contributed by atoms with Gasteiger partial charge < -0.3 is 30.9 Å². The van der Waals surface area contributed by atoms with Crippen LogP contribution in [0, 0.1) is 0 Å². The molecule has 0 heterocycles. The Kier molecular flexibility index (Phi) is 13.6. The number of unbranched alkanes of at least 4 members (excludes halogenated alkanes) is 2. The minimum absolute atomic E-state index is 0.0317. The number of ether oxygens (including phenoxy) is 1. The van der Waals surface area contributed by atoms with E-state index in [0.29, 0.717) is 31.6 Å². The number of nitrogens with one attached hydrogen (secondary N) is 3. The van der Waals surface area contributed by atoms with E-state index in [-0.39, 0.29) is 29.6 Å². The molecule has 2 atom stereocenters. The van der Waals surface area contributed by atoms with Gasteiger partial charge in [-0.3, -0.25) is 14.4 Å². The van der Waals surface area contributed by atoms with Crippen molar-refractivity contribution in [2.75, 3.05) is 18.9 Å². The zero-order chi connectivity index (χ0) is 33.0. The third kappa shape index (κ3) is 11.6. The van der Waals surface area contributed by atoms with Gasteiger partial charge in [0.2, 0.25) is 11.8 Å². The highest BCUT2D eigenvalue weighted by Gasteiger charge is 2.30. The zero-order valence-electron chi connectivity index (χ0n) is 25.7. The van der Waals surface area contributed by atoms with Crippen LogP contribution in [-0.2, 0) is 23.9 Å². The minimum Gasteiger partial charge on any atom is -0.481 e. The van der Waals surface area contributed by atoms with Crippen molar-refractivity contribution < 1.29 is 38.9 Å². The van der Waals surface area contributed by atoms with E-state index in [0.717, 1.165) is 22.3 Å². The van der Waals surface area contributed by atoms with Gasteiger partial charge in [-0.25, -0.2) is 9.59 Å². The lowest BCUT2D eigenvalue weighted by Gasteiger charge is -2.21. The molecule has 3 amide bonds. The Bertz CT molecular complexity index is 1320. The monoisotopic (exact) mass is 659 g/mol. The van der Waals surface area contributed by atoms with E-state index in [1.807, 2.05) is 36.4 Å². The molecule has 5 N–H and O–H groups in total. The number of alkyl carbamates (subject to hydrolysis) is 1. The van der Waals surface area contributed by atoms with Gasteiger partial charge in [0.05, 0.1) is 6.42 Å². The van der Waals surface area contributed by atoms with Gasteiger partial charge in [0.1, 0.15) is 18.7 Å². The van der Waals surface area contributed by atoms with E-state index in [1.54, 1.807) is 10.8 Å². The maximum Gasteiger partial charge on any atom is 0.407 e. The number of carboxylic acid groups (broad SMARTS) is 2. The standard InChI is InChI=1S/C32H41N3O8S2/c1-32(2,3)45-44-19-26(29(39)33-16-10-4-5-15-27(36)34-25(30(40)41)17-28(37)38)35-31(42)43-18-24-22-13-8-6-11-20(22)21-12-7-9-14-23(21)24/h6-9,11-14,24-26H,4-5,10,15-19H2,1-3H3,(H,33,39)(H,34,36)(H,35,42)(H,37,38)(H,40,41). The summed E-state index contributed by atoms with van der Waals surface area (Å²) in [6, 6.07) is 13.8. The van der Waals surface area contributed by atoms with Crippen LogP contribution < -0.4 is 16.0 Å². The second kappa shape index (κ2) is 17.1. The second-order valence-corrected chi connectivity index (χ2v) is 14.8. The van der Waals surface area contributed by atoms with Gasteiger partial charge in [0.25, 0.3) is 0 Å². The molecular weight excluding hydrogens is 618 g/mol. The fourth-order valence-electron chi connectivity index (χ4n) is 4.81. The fourth-order valence-corrected chi connectivity index (χ4v) is 7.27. The van der Waals surface area contributed by atoms with E-state index in [4.69, 9.17) is 14.9 Å². The Hall–Kier alpha value is -3.71. The molecule has 0 aliphatic heterocycles. The number of carbonyl (C=O) groups is 5. The Morgan fingerprint density at radius 1 is 0.867 bits per heavy atom. The molecule has 244 valence electrons. The highest BCUT2D eigenvalue weighted by atomic mass is 33.1. The first-order valence-corrected chi connectivity index (χ1v) is 17.1. The molecule has 0 aromatic heterocycles. The highest BCUT2D eigenvalue weighted by molar-refractivity contribution is 8.77. The van der Waals surface area contributed by atoms with Crippen molar-refractivity contribution in [3.8, 4) is 11.1 Å². The molecule has 0 bridgehead atoms. The van der Waals surface area contributed by atoms with Crippen LogP contribution >= 0.6 is 21.6 Å². The Morgan fingerprint density at radius 3 is 2.07 bits per heavy atom. The average Bonchev–Trinajstić information content (AvgIpc) is 3.29. The number of hydrogen-bond acceptors (Lipinski definition) is 8. The predicted octanol–water partition coefficient (Wildman–Crippen LogP) is 4.79. The second-order valence-electron chi connectivity index (χ2n) is 11.7. The molecule has 0 fully saturated rings. The quantitative estimate of drug-likeness (QED) is 0.117. The van der Waals surface area contributed by atoms with Crippen LogP contribution in [0.4, 0.5) is 4.79 Å². The average molecular weight is 660 g/mol. The molecule has 3 rings (SSSR count). The normalized spacial score (nSPS) is 13.6. The number of hydrogen-bond donors (Lipinski definition) is 5. The third-order valence-electron chi connectivity index (χ3n) is 6.89. The largest absolute Gasteiger partial charge is 0.481 e. The number of rotatable bonds is 17. The van der Waals surface area contributed by atoms with Crippen molar-refractivity contribution in [2.45, 2.75) is 75.6 Å². The number of aliphatic carboxylic acids is 2. The van der Waals surface area contributed by atoms with Crippen LogP contribution in [0.2, 0.25) is 0 Å². The van der Waals surface area contributed by atoms with E-state index >= 15 is 0 Å². The summed E-state index contributed by atoms with van der Waals surface area (Å²) in [5.74, 6) is -3.39. The molecule has 13 heteroatoms. The Balaban J connectivity index is 1.47. The molecular formula is C32H41N3O8S2. The predicted molar refractivity (Wildman–Crippen MR) is 175 cm³/mol. The Labute approximate surface area is 271 Å². The first kappa shape index (κ1) is 35.8. The van der Waals surface area contributed by atoms with Gasteiger partial charge in [-0.2, -0.15) is 0 Å². The van der Waals surface area contributed by atoms with Gasteiger partial charge in [-0.05, 0) is 35.1 Å². The van der Waals surface area contributed by atoms with Crippen LogP contribution in [0.25, 0.3) is 11.1 Å². The first-order chi connectivity index (χ1) is 21.4. The number of amides is 3. The molecule has 11 nitrogen and oxygen atoms in total. The molecule has 1 aliphatic rings. The van der Waals surface area contributed by atoms with Crippen LogP contribution in [0.5, 0.6) is 0 Å². The lowest BCUT2D eigenvalue weighted by molar-refractivity contribution is -0.147. The number of carbonyl (C=O) groups excluding carboxylic acids is 3. The Morgan fingerprint density at radius 2 is 1.49 bits per heavy atom. The van der Waals surface area contributed by atoms with Crippen molar-refractivity contribution in [1.29, 1.82) is 0 Å². The maximum atomic E-state index is 13.1. The smallest absolute Gasteiger partial charge is 0.407 e. The van der Waals surface area contributed by atoms with E-state index in [1.165, 1.54) is 10.8 Å². The molecule has 0 saturated carbocycles. The van der Waals surface area contributed by atoms with Gasteiger partial charge in [0.15, 0.2) is 0 Å². The van der Waals surface area contributed by atoms with Gasteiger partial charge >= 0.3 is 18.0 Å². The van der Waals surface area contributed by atoms with Crippen LogP contribution in [0.3, 0.4) is 0 Å². The van der Waals surface area contributed by atoms with Gasteiger partial charge in [0, 0.05) is 29.4 Å². The molecule has 0 radical (unpaired) electrons. The van der Waals surface area contributed by atoms with Crippen LogP contribution in [0.1, 0.15) is 69.9 Å². The number of carboxylic acids is 2. The maximum absolute atomic E-state index is 13.1. The van der Waals surface area contributed by atoms with E-state index in [2.05, 4.69) is 48.9 Å². The molecule has 0 saturated heterocycles. The van der Waals surface area contributed by atoms with Crippen molar-refractivity contribution in [1.82, 2.24) is 16.0 Å². The van der Waals surface area contributed by atoms with Crippen LogP contribution in [-0.4, -0.2) is 75.8 Å². The first-order valence-electron chi connectivity index (χ1n) is 14.8. The van der Waals surface area contributed by atoms with E-state index in [9.17, 15) is 24.0 Å². The number of benzene rings is 2. The van der Waals surface area contributed by atoms with Crippen molar-refractivity contribution in [3.05, 3.63) is 59.7 Å². The SMILES string of the molecule is CC(C)(C)SSCC(NC(=O)OCC1c2ccccc2-c2ccccc21)C(=O)NCCCCCC(=O)NC(CC(=O)O)C(=O)O. The lowest BCUT2D eigenvalue weighted by Crippen LogP contribution is -2.48. The molecule has 2 aromatic rings. The summed E-state index contributed by atoms with van der Waals surface area (Å²) in [4.78, 5) is 59.9. The summed E-state index contributed by atoms with van der Waals surface area (Å²) in [7, 11) is 3.10. The lowest BCUT2D eigenvalue weighted by atomic mass is 9.98. The molecule has 2 aromatic carbocycles. The molecule has 45 heavy (non-hydrogen) atoms. The summed E-state index contributed by atoms with van der Waals surface area (Å²) in [6.07, 6.45) is 0.212. The van der Waals surface area contributed by atoms with Gasteiger partial charge in [-0.1, -0.05) is 97.3 Å².